The maximum absolute atomic E-state index is 15.0. The Bertz CT molecular complexity index is 1080. The van der Waals surface area contributed by atoms with E-state index in [1.54, 1.807) is 11.5 Å². The summed E-state index contributed by atoms with van der Waals surface area (Å²) in [4.78, 5) is 25.7. The molecule has 2 heterocycles. The number of benzene rings is 1. The van der Waals surface area contributed by atoms with Crippen molar-refractivity contribution in [2.75, 3.05) is 18.0 Å². The molecule has 0 fully saturated rings. The van der Waals surface area contributed by atoms with Crippen molar-refractivity contribution in [1.29, 1.82) is 0 Å². The molecular weight excluding hydrogens is 373 g/mol. The Morgan fingerprint density at radius 3 is 2.81 bits per heavy atom. The smallest absolute Gasteiger partial charge is 0.341 e. The van der Waals surface area contributed by atoms with Crippen LogP contribution in [0.15, 0.2) is 28.2 Å². The Morgan fingerprint density at radius 1 is 1.44 bits per heavy atom. The highest BCUT2D eigenvalue weighted by Crippen LogP contribution is 2.40. The summed E-state index contributed by atoms with van der Waals surface area (Å²) >= 11 is 6.57. The van der Waals surface area contributed by atoms with Gasteiger partial charge in [0.1, 0.15) is 11.4 Å². The molecule has 1 unspecified atom stereocenters. The molecule has 0 saturated heterocycles. The highest BCUT2D eigenvalue weighted by Gasteiger charge is 2.33. The number of carboxylic acids is 1. The van der Waals surface area contributed by atoms with E-state index in [1.807, 2.05) is 4.90 Å². The van der Waals surface area contributed by atoms with Gasteiger partial charge in [-0.3, -0.25) is 4.79 Å². The van der Waals surface area contributed by atoms with Crippen LogP contribution < -0.4 is 16.1 Å². The van der Waals surface area contributed by atoms with Gasteiger partial charge < -0.3 is 20.3 Å². The zero-order chi connectivity index (χ0) is 19.5. The number of fused-ring (bicyclic) bond motifs is 1. The van der Waals surface area contributed by atoms with E-state index in [0.29, 0.717) is 25.2 Å². The average Bonchev–Trinajstić information content (AvgIpc) is 3.17. The second-order valence-electron chi connectivity index (χ2n) is 7.01. The minimum Gasteiger partial charge on any atom is -0.477 e. The normalized spacial score (nSPS) is 19.3. The zero-order valence-corrected chi connectivity index (χ0v) is 15.5. The van der Waals surface area contributed by atoms with Crippen LogP contribution in [0.2, 0.25) is 5.02 Å². The lowest BCUT2D eigenvalue weighted by atomic mass is 10.1. The summed E-state index contributed by atoms with van der Waals surface area (Å²) in [5, 5.41) is 9.35. The maximum atomic E-state index is 15.0. The SMILES string of the molecule is CCn1cc(C(=O)O)c(=O)c2cc(F)c(N3CC4=C(C3)C(N)CC4)c(Cl)c21. The van der Waals surface area contributed by atoms with Crippen LogP contribution in [0.4, 0.5) is 10.1 Å². The van der Waals surface area contributed by atoms with Gasteiger partial charge in [-0.1, -0.05) is 11.6 Å². The fourth-order valence-electron chi connectivity index (χ4n) is 4.15. The third-order valence-electron chi connectivity index (χ3n) is 5.52. The van der Waals surface area contributed by atoms with Crippen molar-refractivity contribution in [3.63, 3.8) is 0 Å². The van der Waals surface area contributed by atoms with Crippen LogP contribution in [0.3, 0.4) is 0 Å². The fourth-order valence-corrected chi connectivity index (χ4v) is 4.57. The number of nitrogens with two attached hydrogens (primary N) is 1. The molecule has 8 heteroatoms. The number of aryl methyl sites for hydroxylation is 1. The van der Waals surface area contributed by atoms with Crippen molar-refractivity contribution in [3.05, 3.63) is 50.0 Å². The monoisotopic (exact) mass is 391 g/mol. The van der Waals surface area contributed by atoms with Crippen LogP contribution in [0.5, 0.6) is 0 Å². The van der Waals surface area contributed by atoms with Gasteiger partial charge in [-0.2, -0.15) is 0 Å². The number of halogens is 2. The molecule has 0 bridgehead atoms. The molecule has 0 spiro atoms. The van der Waals surface area contributed by atoms with Crippen LogP contribution in [0, 0.1) is 5.82 Å². The predicted molar refractivity (Wildman–Crippen MR) is 102 cm³/mol. The van der Waals surface area contributed by atoms with E-state index in [1.165, 1.54) is 11.8 Å². The number of carboxylic acid groups (broad SMARTS) is 1. The van der Waals surface area contributed by atoms with Crippen molar-refractivity contribution in [1.82, 2.24) is 4.57 Å². The van der Waals surface area contributed by atoms with Gasteiger partial charge in [0.25, 0.3) is 0 Å². The first-order valence-corrected chi connectivity index (χ1v) is 9.21. The minimum absolute atomic E-state index is 0.000704. The van der Waals surface area contributed by atoms with Gasteiger partial charge in [-0.25, -0.2) is 9.18 Å². The molecule has 1 atom stereocenters. The van der Waals surface area contributed by atoms with Gasteiger partial charge in [0, 0.05) is 31.9 Å². The Balaban J connectivity index is 1.91. The standard InChI is InChI=1S/C19H19ClFN3O3/c1-2-23-8-12(19(26)27)18(25)10-5-13(21)17(15(20)16(10)23)24-6-9-3-4-14(22)11(9)7-24/h5,8,14H,2-4,6-7,22H2,1H3,(H,26,27). The summed E-state index contributed by atoms with van der Waals surface area (Å²) in [5.41, 5.74) is 7.93. The molecular formula is C19H19ClFN3O3. The maximum Gasteiger partial charge on any atom is 0.341 e. The number of carbonyl (C=O) groups is 1. The molecule has 27 heavy (non-hydrogen) atoms. The number of hydrogen-bond acceptors (Lipinski definition) is 4. The summed E-state index contributed by atoms with van der Waals surface area (Å²) in [6, 6.07) is 1.10. The second-order valence-corrected chi connectivity index (χ2v) is 7.39. The molecule has 0 amide bonds. The average molecular weight is 392 g/mol. The highest BCUT2D eigenvalue weighted by atomic mass is 35.5. The topological polar surface area (TPSA) is 88.6 Å². The lowest BCUT2D eigenvalue weighted by molar-refractivity contribution is 0.0695. The lowest BCUT2D eigenvalue weighted by Crippen LogP contribution is -2.29. The number of hydrogen-bond donors (Lipinski definition) is 2. The predicted octanol–water partition coefficient (Wildman–Crippen LogP) is 2.75. The van der Waals surface area contributed by atoms with E-state index in [0.717, 1.165) is 24.5 Å². The molecule has 1 aromatic carbocycles. The molecule has 1 aliphatic carbocycles. The third kappa shape index (κ3) is 2.64. The molecule has 1 aromatic heterocycles. The summed E-state index contributed by atoms with van der Waals surface area (Å²) in [5.74, 6) is -1.98. The molecule has 2 aliphatic rings. The first kappa shape index (κ1) is 18.0. The highest BCUT2D eigenvalue weighted by molar-refractivity contribution is 6.38. The lowest BCUT2D eigenvalue weighted by Gasteiger charge is -2.25. The van der Waals surface area contributed by atoms with Crippen LogP contribution in [0.25, 0.3) is 10.9 Å². The van der Waals surface area contributed by atoms with Gasteiger partial charge >= 0.3 is 5.97 Å². The van der Waals surface area contributed by atoms with Crippen LogP contribution in [-0.2, 0) is 6.54 Å². The Hall–Kier alpha value is -2.38. The minimum atomic E-state index is -1.35. The van der Waals surface area contributed by atoms with E-state index < -0.39 is 22.8 Å². The van der Waals surface area contributed by atoms with Gasteiger partial charge in [0.2, 0.25) is 5.43 Å². The Labute approximate surface area is 159 Å². The van der Waals surface area contributed by atoms with E-state index in [4.69, 9.17) is 17.3 Å². The molecule has 1 aliphatic heterocycles. The molecule has 6 nitrogen and oxygen atoms in total. The molecule has 0 radical (unpaired) electrons. The largest absolute Gasteiger partial charge is 0.477 e. The van der Waals surface area contributed by atoms with Crippen molar-refractivity contribution >= 4 is 34.2 Å². The summed E-state index contributed by atoms with van der Waals surface area (Å²) in [6.07, 6.45) is 3.08. The fraction of sp³-hybridized carbons (Fsp3) is 0.368. The Kier molecular flexibility index (Phi) is 4.24. The number of nitrogens with zero attached hydrogens (tertiary/aromatic N) is 2. The Morgan fingerprint density at radius 2 is 2.19 bits per heavy atom. The number of aromatic nitrogens is 1. The van der Waals surface area contributed by atoms with Crippen molar-refractivity contribution in [2.24, 2.45) is 5.73 Å². The summed E-state index contributed by atoms with van der Waals surface area (Å²) in [6.45, 7) is 3.28. The number of aromatic carboxylic acids is 1. The van der Waals surface area contributed by atoms with E-state index >= 15 is 0 Å². The van der Waals surface area contributed by atoms with Gasteiger partial charge in [-0.15, -0.1) is 0 Å². The van der Waals surface area contributed by atoms with Gasteiger partial charge in [0.15, 0.2) is 0 Å². The van der Waals surface area contributed by atoms with Crippen LogP contribution in [0.1, 0.15) is 30.1 Å². The quantitative estimate of drug-likeness (QED) is 0.785. The van der Waals surface area contributed by atoms with Gasteiger partial charge in [-0.05, 0) is 37.0 Å². The third-order valence-corrected chi connectivity index (χ3v) is 5.88. The van der Waals surface area contributed by atoms with E-state index in [2.05, 4.69) is 0 Å². The van der Waals surface area contributed by atoms with E-state index in [9.17, 15) is 19.1 Å². The first-order valence-electron chi connectivity index (χ1n) is 8.83. The van der Waals surface area contributed by atoms with Crippen LogP contribution >= 0.6 is 11.6 Å². The summed E-state index contributed by atoms with van der Waals surface area (Å²) in [7, 11) is 0. The number of rotatable bonds is 3. The molecule has 142 valence electrons. The molecule has 3 N–H and O–H groups in total. The van der Waals surface area contributed by atoms with Crippen LogP contribution in [-0.4, -0.2) is 34.8 Å². The second kappa shape index (κ2) is 6.35. The summed E-state index contributed by atoms with van der Waals surface area (Å²) < 4.78 is 16.6. The van der Waals surface area contributed by atoms with Crippen molar-refractivity contribution < 1.29 is 14.3 Å². The first-order chi connectivity index (χ1) is 12.8. The molecule has 2 aromatic rings. The van der Waals surface area contributed by atoms with Crippen molar-refractivity contribution in [3.8, 4) is 0 Å². The molecule has 0 saturated carbocycles. The van der Waals surface area contributed by atoms with Crippen molar-refractivity contribution in [2.45, 2.75) is 32.4 Å². The zero-order valence-electron chi connectivity index (χ0n) is 14.8. The molecule has 4 rings (SSSR count). The number of pyridine rings is 1. The van der Waals surface area contributed by atoms with Gasteiger partial charge in [0.05, 0.1) is 21.6 Å². The number of anilines is 1. The van der Waals surface area contributed by atoms with E-state index in [-0.39, 0.29) is 22.1 Å².